The number of nitrogens with zero attached hydrogens (tertiary/aromatic N) is 2. The average Bonchev–Trinajstić information content (AvgIpc) is 2.92. The molecule has 1 saturated carbocycles. The lowest BCUT2D eigenvalue weighted by atomic mass is 9.87. The van der Waals surface area contributed by atoms with Crippen LogP contribution in [-0.4, -0.2) is 55.0 Å². The van der Waals surface area contributed by atoms with Crippen LogP contribution in [0.2, 0.25) is 0 Å². The predicted octanol–water partition coefficient (Wildman–Crippen LogP) is 0.813. The fourth-order valence-electron chi connectivity index (χ4n) is 3.34. The molecule has 19 heavy (non-hydrogen) atoms. The summed E-state index contributed by atoms with van der Waals surface area (Å²) in [6, 6.07) is 0.117. The third-order valence-electron chi connectivity index (χ3n) is 4.74. The summed E-state index contributed by atoms with van der Waals surface area (Å²) in [6.45, 7) is 1.91. The Balaban J connectivity index is 1.60. The van der Waals surface area contributed by atoms with Crippen LogP contribution in [0.15, 0.2) is 0 Å². The highest BCUT2D eigenvalue weighted by Gasteiger charge is 2.38. The first-order valence-corrected chi connectivity index (χ1v) is 8.94. The van der Waals surface area contributed by atoms with E-state index in [2.05, 4.69) is 0 Å². The maximum atomic E-state index is 12.3. The zero-order valence-electron chi connectivity index (χ0n) is 11.3. The molecule has 0 aromatic carbocycles. The molecule has 2 aliphatic heterocycles. The van der Waals surface area contributed by atoms with Crippen molar-refractivity contribution in [3.63, 3.8) is 0 Å². The van der Waals surface area contributed by atoms with Gasteiger partial charge in [0.05, 0.1) is 5.75 Å². The van der Waals surface area contributed by atoms with Gasteiger partial charge in [0.25, 0.3) is 0 Å². The first-order valence-electron chi connectivity index (χ1n) is 7.33. The molecule has 6 heteroatoms. The molecule has 2 saturated heterocycles. The topological polar surface area (TPSA) is 57.7 Å². The van der Waals surface area contributed by atoms with Crippen molar-refractivity contribution in [3.05, 3.63) is 0 Å². The summed E-state index contributed by atoms with van der Waals surface area (Å²) in [5.74, 6) is 0.883. The van der Waals surface area contributed by atoms with Crippen LogP contribution >= 0.6 is 0 Å². The van der Waals surface area contributed by atoms with Crippen molar-refractivity contribution < 1.29 is 13.2 Å². The van der Waals surface area contributed by atoms with Crippen LogP contribution in [0, 0.1) is 5.92 Å². The molecule has 1 unspecified atom stereocenters. The van der Waals surface area contributed by atoms with Crippen LogP contribution in [-0.2, 0) is 14.8 Å². The third kappa shape index (κ3) is 2.65. The number of likely N-dealkylation sites (tertiary alicyclic amines) is 1. The Morgan fingerprint density at radius 3 is 2.47 bits per heavy atom. The van der Waals surface area contributed by atoms with Gasteiger partial charge in [-0.2, -0.15) is 4.31 Å². The molecule has 0 radical (unpaired) electrons. The molecule has 1 amide bonds. The normalized spacial score (nSPS) is 30.0. The van der Waals surface area contributed by atoms with E-state index in [4.69, 9.17) is 0 Å². The van der Waals surface area contributed by atoms with E-state index in [1.807, 2.05) is 4.90 Å². The van der Waals surface area contributed by atoms with Crippen LogP contribution in [0.1, 0.15) is 38.5 Å². The number of rotatable bonds is 4. The summed E-state index contributed by atoms with van der Waals surface area (Å²) in [7, 11) is -3.10. The quantitative estimate of drug-likeness (QED) is 0.768. The minimum absolute atomic E-state index is 0.117. The summed E-state index contributed by atoms with van der Waals surface area (Å²) in [4.78, 5) is 13.6. The Hall–Kier alpha value is -0.620. The van der Waals surface area contributed by atoms with Crippen molar-refractivity contribution >= 4 is 15.9 Å². The number of carbonyl (C=O) groups is 1. The van der Waals surface area contributed by atoms with Crippen molar-refractivity contribution in [3.8, 4) is 0 Å². The van der Waals surface area contributed by atoms with Crippen molar-refractivity contribution in [1.29, 1.82) is 0 Å². The van der Waals surface area contributed by atoms with E-state index in [1.165, 1.54) is 6.42 Å². The van der Waals surface area contributed by atoms with Crippen LogP contribution in [0.4, 0.5) is 0 Å². The molecule has 3 aliphatic rings. The second-order valence-corrected chi connectivity index (χ2v) is 8.08. The lowest BCUT2D eigenvalue weighted by molar-refractivity contribution is -0.129. The number of hydrogen-bond donors (Lipinski definition) is 0. The number of hydrogen-bond acceptors (Lipinski definition) is 3. The Morgan fingerprint density at radius 2 is 1.89 bits per heavy atom. The van der Waals surface area contributed by atoms with E-state index < -0.39 is 10.0 Å². The fraction of sp³-hybridized carbons (Fsp3) is 0.923. The monoisotopic (exact) mass is 286 g/mol. The van der Waals surface area contributed by atoms with Gasteiger partial charge in [0.2, 0.25) is 15.9 Å². The highest BCUT2D eigenvalue weighted by Crippen LogP contribution is 2.30. The SMILES string of the molecule is O=C1CCCN1C1CCN(S(=O)(=O)CC2CCC2)C1. The molecule has 108 valence electrons. The van der Waals surface area contributed by atoms with Gasteiger partial charge in [0.15, 0.2) is 0 Å². The van der Waals surface area contributed by atoms with Gasteiger partial charge in [0.1, 0.15) is 0 Å². The van der Waals surface area contributed by atoms with Crippen molar-refractivity contribution in [2.24, 2.45) is 5.92 Å². The van der Waals surface area contributed by atoms with Gasteiger partial charge in [-0.1, -0.05) is 6.42 Å². The van der Waals surface area contributed by atoms with E-state index in [9.17, 15) is 13.2 Å². The highest BCUT2D eigenvalue weighted by atomic mass is 32.2. The minimum Gasteiger partial charge on any atom is -0.338 e. The number of amides is 1. The van der Waals surface area contributed by atoms with E-state index >= 15 is 0 Å². The summed E-state index contributed by atoms with van der Waals surface area (Å²) >= 11 is 0. The first kappa shape index (κ1) is 13.4. The summed E-state index contributed by atoms with van der Waals surface area (Å²) in [5, 5.41) is 0. The zero-order valence-corrected chi connectivity index (χ0v) is 12.1. The molecule has 0 aromatic rings. The van der Waals surface area contributed by atoms with Crippen molar-refractivity contribution in [2.45, 2.75) is 44.6 Å². The Morgan fingerprint density at radius 1 is 1.11 bits per heavy atom. The van der Waals surface area contributed by atoms with E-state index in [0.29, 0.717) is 31.2 Å². The van der Waals surface area contributed by atoms with E-state index in [1.54, 1.807) is 4.31 Å². The average molecular weight is 286 g/mol. The molecular formula is C13H22N2O3S. The third-order valence-corrected chi connectivity index (χ3v) is 6.75. The maximum Gasteiger partial charge on any atom is 0.222 e. The number of carbonyl (C=O) groups excluding carboxylic acids is 1. The van der Waals surface area contributed by atoms with Crippen LogP contribution < -0.4 is 0 Å². The molecule has 0 spiro atoms. The molecule has 1 aliphatic carbocycles. The lowest BCUT2D eigenvalue weighted by Crippen LogP contribution is -2.41. The van der Waals surface area contributed by atoms with Crippen molar-refractivity contribution in [2.75, 3.05) is 25.4 Å². The molecular weight excluding hydrogens is 264 g/mol. The Labute approximate surface area is 115 Å². The second kappa shape index (κ2) is 5.05. The Kier molecular flexibility index (Phi) is 3.55. The van der Waals surface area contributed by atoms with Gasteiger partial charge in [-0.25, -0.2) is 8.42 Å². The van der Waals surface area contributed by atoms with E-state index in [-0.39, 0.29) is 11.9 Å². The summed E-state index contributed by atoms with van der Waals surface area (Å²) < 4.78 is 26.2. The maximum absolute atomic E-state index is 12.3. The van der Waals surface area contributed by atoms with Crippen LogP contribution in [0.3, 0.4) is 0 Å². The molecule has 1 atom stereocenters. The standard InChI is InChI=1S/C13H22N2O3S/c16-13-5-2-7-15(13)12-6-8-14(9-12)19(17,18)10-11-3-1-4-11/h11-12H,1-10H2. The highest BCUT2D eigenvalue weighted by molar-refractivity contribution is 7.89. The summed E-state index contributed by atoms with van der Waals surface area (Å²) in [6.07, 6.45) is 5.64. The molecule has 2 heterocycles. The predicted molar refractivity (Wildman–Crippen MR) is 72.1 cm³/mol. The van der Waals surface area contributed by atoms with Crippen molar-refractivity contribution in [1.82, 2.24) is 9.21 Å². The van der Waals surface area contributed by atoms with Gasteiger partial charge in [0, 0.05) is 32.1 Å². The fourth-order valence-corrected chi connectivity index (χ4v) is 5.26. The first-order chi connectivity index (χ1) is 9.06. The van der Waals surface area contributed by atoms with Crippen LogP contribution in [0.25, 0.3) is 0 Å². The van der Waals surface area contributed by atoms with Gasteiger partial charge in [-0.05, 0) is 31.6 Å². The van der Waals surface area contributed by atoms with E-state index in [0.717, 1.165) is 32.2 Å². The molecule has 0 N–H and O–H groups in total. The minimum atomic E-state index is -3.10. The van der Waals surface area contributed by atoms with Gasteiger partial charge < -0.3 is 4.90 Å². The van der Waals surface area contributed by atoms with Gasteiger partial charge in [-0.3, -0.25) is 4.79 Å². The zero-order chi connectivity index (χ0) is 13.5. The molecule has 5 nitrogen and oxygen atoms in total. The molecule has 0 bridgehead atoms. The lowest BCUT2D eigenvalue weighted by Gasteiger charge is -2.28. The molecule has 3 rings (SSSR count). The van der Waals surface area contributed by atoms with Crippen LogP contribution in [0.5, 0.6) is 0 Å². The smallest absolute Gasteiger partial charge is 0.222 e. The molecule has 3 fully saturated rings. The second-order valence-electron chi connectivity index (χ2n) is 6.07. The summed E-state index contributed by atoms with van der Waals surface area (Å²) in [5.41, 5.74) is 0. The number of sulfonamides is 1. The van der Waals surface area contributed by atoms with Gasteiger partial charge in [-0.15, -0.1) is 0 Å². The molecule has 0 aromatic heterocycles. The largest absolute Gasteiger partial charge is 0.338 e. The Bertz CT molecular complexity index is 459. The van der Waals surface area contributed by atoms with Gasteiger partial charge >= 0.3 is 0 Å².